The molecule has 0 bridgehead atoms. The van der Waals surface area contributed by atoms with Crippen LogP contribution in [0.15, 0.2) is 42.5 Å². The van der Waals surface area contributed by atoms with Gasteiger partial charge in [-0.3, -0.25) is 4.79 Å². The number of nitrogens with zero attached hydrogens (tertiary/aromatic N) is 2. The molecule has 0 aliphatic rings. The molecule has 0 aliphatic heterocycles. The normalized spacial score (nSPS) is 10.8. The fourth-order valence-corrected chi connectivity index (χ4v) is 2.61. The number of aryl methyl sites for hydroxylation is 1. The van der Waals surface area contributed by atoms with Crippen molar-refractivity contribution in [3.63, 3.8) is 0 Å². The summed E-state index contributed by atoms with van der Waals surface area (Å²) in [4.78, 5) is 12.2. The minimum Gasteiger partial charge on any atom is -0.396 e. The second kappa shape index (κ2) is 6.66. The van der Waals surface area contributed by atoms with Gasteiger partial charge in [0.25, 0.3) is 5.91 Å². The second-order valence-electron chi connectivity index (χ2n) is 5.79. The number of benzene rings is 2. The minimum absolute atomic E-state index is 0.178. The Kier molecular flexibility index (Phi) is 4.42. The third-order valence-electron chi connectivity index (χ3n) is 3.94. The van der Waals surface area contributed by atoms with E-state index in [9.17, 15) is 4.79 Å². The lowest BCUT2D eigenvalue weighted by atomic mass is 10.0. The van der Waals surface area contributed by atoms with Gasteiger partial charge in [0.05, 0.1) is 5.69 Å². The molecule has 0 spiro atoms. The van der Waals surface area contributed by atoms with Crippen LogP contribution < -0.4 is 11.1 Å². The van der Waals surface area contributed by atoms with Crippen LogP contribution in [-0.2, 0) is 0 Å². The third kappa shape index (κ3) is 2.93. The van der Waals surface area contributed by atoms with Gasteiger partial charge in [-0.15, -0.1) is 10.2 Å². The van der Waals surface area contributed by atoms with Crippen molar-refractivity contribution in [1.82, 2.24) is 15.5 Å². The molecule has 3 N–H and O–H groups in total. The zero-order valence-corrected chi connectivity index (χ0v) is 13.8. The number of anilines is 1. The van der Waals surface area contributed by atoms with Gasteiger partial charge in [-0.1, -0.05) is 55.0 Å². The van der Waals surface area contributed by atoms with Crippen LogP contribution in [0.1, 0.15) is 29.4 Å². The van der Waals surface area contributed by atoms with Crippen molar-refractivity contribution in [2.75, 3.05) is 12.3 Å². The van der Waals surface area contributed by atoms with E-state index in [4.69, 9.17) is 5.73 Å². The molecule has 2 aromatic carbocycles. The summed E-state index contributed by atoms with van der Waals surface area (Å²) in [6, 6.07) is 14.0. The molecular weight excluding hydrogens is 300 g/mol. The van der Waals surface area contributed by atoms with E-state index in [-0.39, 0.29) is 11.6 Å². The van der Waals surface area contributed by atoms with Crippen molar-refractivity contribution in [3.05, 3.63) is 53.7 Å². The predicted octanol–water partition coefficient (Wildman–Crippen LogP) is 3.33. The maximum absolute atomic E-state index is 12.2. The number of nitrogen functional groups attached to an aromatic ring is 1. The number of aromatic nitrogens is 2. The van der Waals surface area contributed by atoms with E-state index in [1.54, 1.807) is 0 Å². The third-order valence-corrected chi connectivity index (χ3v) is 3.94. The number of fused-ring (bicyclic) bond motifs is 1. The Labute approximate surface area is 140 Å². The summed E-state index contributed by atoms with van der Waals surface area (Å²) in [7, 11) is 0. The van der Waals surface area contributed by atoms with Crippen LogP contribution in [0.5, 0.6) is 0 Å². The SMILES string of the molecule is CCCNC(=O)c1nnc2c(-c3ccc(C)cc3)cccc2c1N. The number of carbonyl (C=O) groups excluding carboxylic acids is 1. The summed E-state index contributed by atoms with van der Waals surface area (Å²) in [6.07, 6.45) is 0.851. The molecule has 1 amide bonds. The Morgan fingerprint density at radius 3 is 2.58 bits per heavy atom. The Balaban J connectivity index is 2.10. The maximum atomic E-state index is 12.2. The molecule has 1 aromatic heterocycles. The number of nitrogens with one attached hydrogen (secondary N) is 1. The number of hydrogen-bond acceptors (Lipinski definition) is 4. The number of carbonyl (C=O) groups is 1. The first-order chi connectivity index (χ1) is 11.6. The van der Waals surface area contributed by atoms with Gasteiger partial charge in [-0.25, -0.2) is 0 Å². The maximum Gasteiger partial charge on any atom is 0.273 e. The highest BCUT2D eigenvalue weighted by atomic mass is 16.1. The Bertz CT molecular complexity index is 888. The van der Waals surface area contributed by atoms with Crippen molar-refractivity contribution in [2.24, 2.45) is 0 Å². The zero-order valence-electron chi connectivity index (χ0n) is 13.8. The summed E-state index contributed by atoms with van der Waals surface area (Å²) in [6.45, 7) is 4.62. The molecule has 0 unspecified atom stereocenters. The van der Waals surface area contributed by atoms with Crippen molar-refractivity contribution in [1.29, 1.82) is 0 Å². The molecule has 0 saturated carbocycles. The molecule has 0 atom stereocenters. The largest absolute Gasteiger partial charge is 0.396 e. The molecule has 0 radical (unpaired) electrons. The van der Waals surface area contributed by atoms with Gasteiger partial charge in [-0.2, -0.15) is 0 Å². The van der Waals surface area contributed by atoms with Crippen LogP contribution in [-0.4, -0.2) is 22.6 Å². The summed E-state index contributed by atoms with van der Waals surface area (Å²) >= 11 is 0. The Morgan fingerprint density at radius 2 is 1.88 bits per heavy atom. The summed E-state index contributed by atoms with van der Waals surface area (Å²) < 4.78 is 0. The zero-order chi connectivity index (χ0) is 17.1. The van der Waals surface area contributed by atoms with Gasteiger partial charge in [0.15, 0.2) is 5.69 Å². The molecule has 0 aliphatic carbocycles. The van der Waals surface area contributed by atoms with Crippen LogP contribution in [0.3, 0.4) is 0 Å². The lowest BCUT2D eigenvalue weighted by molar-refractivity contribution is 0.0949. The highest BCUT2D eigenvalue weighted by Crippen LogP contribution is 2.30. The van der Waals surface area contributed by atoms with E-state index >= 15 is 0 Å². The highest BCUT2D eigenvalue weighted by Gasteiger charge is 2.16. The fourth-order valence-electron chi connectivity index (χ4n) is 2.61. The van der Waals surface area contributed by atoms with Crippen LogP contribution in [0.25, 0.3) is 22.0 Å². The summed E-state index contributed by atoms with van der Waals surface area (Å²) in [5.41, 5.74) is 10.6. The number of rotatable bonds is 4. The predicted molar refractivity (Wildman–Crippen MR) is 96.7 cm³/mol. The van der Waals surface area contributed by atoms with Crippen LogP contribution in [0.4, 0.5) is 5.69 Å². The van der Waals surface area contributed by atoms with E-state index in [1.165, 1.54) is 5.56 Å². The van der Waals surface area contributed by atoms with E-state index in [2.05, 4.69) is 27.6 Å². The first kappa shape index (κ1) is 15.9. The lowest BCUT2D eigenvalue weighted by Crippen LogP contribution is -2.26. The average molecular weight is 320 g/mol. The minimum atomic E-state index is -0.288. The molecule has 3 aromatic rings. The van der Waals surface area contributed by atoms with Crippen LogP contribution >= 0.6 is 0 Å². The van der Waals surface area contributed by atoms with Crippen molar-refractivity contribution < 1.29 is 4.79 Å². The van der Waals surface area contributed by atoms with Gasteiger partial charge < -0.3 is 11.1 Å². The number of amides is 1. The second-order valence-corrected chi connectivity index (χ2v) is 5.79. The standard InChI is InChI=1S/C19H20N4O/c1-3-11-21-19(24)18-16(20)15-6-4-5-14(17(15)22-23-18)13-9-7-12(2)8-10-13/h4-10H,3,11H2,1-2H3,(H2,20,22)(H,21,24). The van der Waals surface area contributed by atoms with Crippen molar-refractivity contribution in [2.45, 2.75) is 20.3 Å². The molecule has 5 heteroatoms. The summed E-state index contributed by atoms with van der Waals surface area (Å²) in [5, 5.41) is 11.9. The quantitative estimate of drug-likeness (QED) is 0.772. The van der Waals surface area contributed by atoms with E-state index < -0.39 is 0 Å². The van der Waals surface area contributed by atoms with Crippen LogP contribution in [0, 0.1) is 6.92 Å². The smallest absolute Gasteiger partial charge is 0.273 e. The molecular formula is C19H20N4O. The van der Waals surface area contributed by atoms with Gasteiger partial charge in [-0.05, 0) is 18.9 Å². The lowest BCUT2D eigenvalue weighted by Gasteiger charge is -2.10. The molecule has 0 fully saturated rings. The van der Waals surface area contributed by atoms with Crippen molar-refractivity contribution >= 4 is 22.5 Å². The Hall–Kier alpha value is -2.95. The van der Waals surface area contributed by atoms with E-state index in [0.717, 1.165) is 22.9 Å². The molecule has 122 valence electrons. The number of hydrogen-bond donors (Lipinski definition) is 2. The van der Waals surface area contributed by atoms with E-state index in [0.29, 0.717) is 17.7 Å². The first-order valence-electron chi connectivity index (χ1n) is 8.02. The molecule has 3 rings (SSSR count). The molecule has 5 nitrogen and oxygen atoms in total. The monoisotopic (exact) mass is 320 g/mol. The van der Waals surface area contributed by atoms with Gasteiger partial charge in [0.2, 0.25) is 0 Å². The van der Waals surface area contributed by atoms with Crippen LogP contribution in [0.2, 0.25) is 0 Å². The fraction of sp³-hybridized carbons (Fsp3) is 0.211. The Morgan fingerprint density at radius 1 is 1.12 bits per heavy atom. The number of nitrogens with two attached hydrogens (primary N) is 1. The average Bonchev–Trinajstić information content (AvgIpc) is 2.60. The topological polar surface area (TPSA) is 80.9 Å². The molecule has 24 heavy (non-hydrogen) atoms. The van der Waals surface area contributed by atoms with Gasteiger partial charge in [0.1, 0.15) is 5.52 Å². The van der Waals surface area contributed by atoms with E-state index in [1.807, 2.05) is 44.2 Å². The molecule has 0 saturated heterocycles. The highest BCUT2D eigenvalue weighted by molar-refractivity contribution is 6.07. The van der Waals surface area contributed by atoms with Gasteiger partial charge in [0, 0.05) is 17.5 Å². The first-order valence-corrected chi connectivity index (χ1v) is 8.02. The summed E-state index contributed by atoms with van der Waals surface area (Å²) in [5.74, 6) is -0.288. The molecule has 1 heterocycles. The van der Waals surface area contributed by atoms with Gasteiger partial charge >= 0.3 is 0 Å². The van der Waals surface area contributed by atoms with Crippen molar-refractivity contribution in [3.8, 4) is 11.1 Å².